The van der Waals surface area contributed by atoms with E-state index in [1.54, 1.807) is 12.3 Å². The quantitative estimate of drug-likeness (QED) is 0.787. The Morgan fingerprint density at radius 2 is 1.65 bits per heavy atom. The first kappa shape index (κ1) is 11.8. The van der Waals surface area contributed by atoms with Gasteiger partial charge in [0.1, 0.15) is 5.76 Å². The van der Waals surface area contributed by atoms with Gasteiger partial charge in [0.05, 0.1) is 11.8 Å². The van der Waals surface area contributed by atoms with Crippen LogP contribution in [-0.2, 0) is 19.0 Å². The normalized spacial score (nSPS) is 11.7. The molecule has 17 heavy (non-hydrogen) atoms. The fourth-order valence-electron chi connectivity index (χ4n) is 1.58. The molecule has 0 bridgehead atoms. The Hall–Kier alpha value is -1.71. The minimum Gasteiger partial charge on any atom is -0.469 e. The maximum atomic E-state index is 12.3. The standard InChI is InChI=1S/C13H11F3O/c14-13(15,16)11-6-3-10(4-7-11)5-8-12-2-1-9-17-12/h1-4,6-7,9H,5,8H2. The first-order valence-corrected chi connectivity index (χ1v) is 5.24. The highest BCUT2D eigenvalue weighted by Crippen LogP contribution is 2.29. The van der Waals surface area contributed by atoms with Gasteiger partial charge in [-0.05, 0) is 36.2 Å². The summed E-state index contributed by atoms with van der Waals surface area (Å²) in [7, 11) is 0. The van der Waals surface area contributed by atoms with E-state index in [4.69, 9.17) is 4.42 Å². The molecule has 4 heteroatoms. The van der Waals surface area contributed by atoms with Crippen LogP contribution in [0.2, 0.25) is 0 Å². The summed E-state index contributed by atoms with van der Waals surface area (Å²) in [6.45, 7) is 0. The molecule has 0 atom stereocenters. The lowest BCUT2D eigenvalue weighted by molar-refractivity contribution is -0.137. The Kier molecular flexibility index (Phi) is 3.22. The van der Waals surface area contributed by atoms with E-state index in [0.29, 0.717) is 12.8 Å². The third-order valence-electron chi connectivity index (χ3n) is 2.52. The van der Waals surface area contributed by atoms with Gasteiger partial charge in [0.25, 0.3) is 0 Å². The second kappa shape index (κ2) is 4.65. The summed E-state index contributed by atoms with van der Waals surface area (Å²) in [4.78, 5) is 0. The Morgan fingerprint density at radius 1 is 0.941 bits per heavy atom. The van der Waals surface area contributed by atoms with Gasteiger partial charge in [-0.3, -0.25) is 0 Å². The highest BCUT2D eigenvalue weighted by Gasteiger charge is 2.29. The second-order valence-electron chi connectivity index (χ2n) is 3.77. The van der Waals surface area contributed by atoms with Crippen molar-refractivity contribution >= 4 is 0 Å². The summed E-state index contributed by atoms with van der Waals surface area (Å²) in [5, 5.41) is 0. The van der Waals surface area contributed by atoms with Crippen molar-refractivity contribution in [2.75, 3.05) is 0 Å². The summed E-state index contributed by atoms with van der Waals surface area (Å²) in [5.41, 5.74) is 0.258. The molecule has 1 aromatic carbocycles. The average molecular weight is 240 g/mol. The smallest absolute Gasteiger partial charge is 0.416 e. The van der Waals surface area contributed by atoms with Crippen molar-refractivity contribution in [3.05, 3.63) is 59.5 Å². The molecule has 2 rings (SSSR count). The number of benzene rings is 1. The van der Waals surface area contributed by atoms with E-state index in [1.165, 1.54) is 12.1 Å². The van der Waals surface area contributed by atoms with Gasteiger partial charge in [0.2, 0.25) is 0 Å². The summed E-state index contributed by atoms with van der Waals surface area (Å²) in [6.07, 6.45) is -1.31. The van der Waals surface area contributed by atoms with Crippen molar-refractivity contribution in [1.82, 2.24) is 0 Å². The van der Waals surface area contributed by atoms with Gasteiger partial charge in [0, 0.05) is 6.42 Å². The largest absolute Gasteiger partial charge is 0.469 e. The molecule has 0 unspecified atom stereocenters. The van der Waals surface area contributed by atoms with E-state index >= 15 is 0 Å². The zero-order valence-electron chi connectivity index (χ0n) is 9.00. The molecule has 0 aliphatic rings. The second-order valence-corrected chi connectivity index (χ2v) is 3.77. The summed E-state index contributed by atoms with van der Waals surface area (Å²) in [5.74, 6) is 0.838. The molecule has 0 aliphatic carbocycles. The van der Waals surface area contributed by atoms with Gasteiger partial charge in [-0.15, -0.1) is 0 Å². The number of alkyl halides is 3. The highest BCUT2D eigenvalue weighted by atomic mass is 19.4. The summed E-state index contributed by atoms with van der Waals surface area (Å²) in [6, 6.07) is 8.87. The summed E-state index contributed by atoms with van der Waals surface area (Å²) >= 11 is 0. The molecule has 1 aromatic heterocycles. The number of hydrogen-bond donors (Lipinski definition) is 0. The maximum absolute atomic E-state index is 12.3. The van der Waals surface area contributed by atoms with Crippen LogP contribution >= 0.6 is 0 Å². The van der Waals surface area contributed by atoms with E-state index in [-0.39, 0.29) is 0 Å². The van der Waals surface area contributed by atoms with Gasteiger partial charge in [0.15, 0.2) is 0 Å². The van der Waals surface area contributed by atoms with Crippen LogP contribution in [0.25, 0.3) is 0 Å². The number of halogens is 3. The number of aryl methyl sites for hydroxylation is 2. The van der Waals surface area contributed by atoms with E-state index in [0.717, 1.165) is 23.5 Å². The Balaban J connectivity index is 1.99. The van der Waals surface area contributed by atoms with Crippen molar-refractivity contribution < 1.29 is 17.6 Å². The fraction of sp³-hybridized carbons (Fsp3) is 0.231. The topological polar surface area (TPSA) is 13.1 Å². The minimum atomic E-state index is -4.26. The van der Waals surface area contributed by atoms with Gasteiger partial charge in [-0.1, -0.05) is 12.1 Å². The SMILES string of the molecule is FC(F)(F)c1ccc(CCc2ccco2)cc1. The average Bonchev–Trinajstić information content (AvgIpc) is 2.78. The van der Waals surface area contributed by atoms with E-state index < -0.39 is 11.7 Å². The van der Waals surface area contributed by atoms with Crippen LogP contribution in [-0.4, -0.2) is 0 Å². The zero-order chi connectivity index (χ0) is 12.3. The zero-order valence-corrected chi connectivity index (χ0v) is 9.00. The number of furan rings is 1. The van der Waals surface area contributed by atoms with E-state index in [9.17, 15) is 13.2 Å². The van der Waals surface area contributed by atoms with Crippen LogP contribution in [0.3, 0.4) is 0 Å². The molecule has 0 amide bonds. The fourth-order valence-corrected chi connectivity index (χ4v) is 1.58. The molecule has 1 heterocycles. The van der Waals surface area contributed by atoms with Crippen molar-refractivity contribution in [1.29, 1.82) is 0 Å². The molecule has 0 saturated carbocycles. The molecular formula is C13H11F3O. The molecule has 1 nitrogen and oxygen atoms in total. The molecule has 0 fully saturated rings. The third-order valence-corrected chi connectivity index (χ3v) is 2.52. The van der Waals surface area contributed by atoms with Crippen LogP contribution in [0.4, 0.5) is 13.2 Å². The Bertz CT molecular complexity index is 454. The van der Waals surface area contributed by atoms with Gasteiger partial charge in [-0.25, -0.2) is 0 Å². The molecule has 90 valence electrons. The van der Waals surface area contributed by atoms with Crippen molar-refractivity contribution in [3.63, 3.8) is 0 Å². The van der Waals surface area contributed by atoms with Crippen LogP contribution in [0, 0.1) is 0 Å². The van der Waals surface area contributed by atoms with E-state index in [2.05, 4.69) is 0 Å². The van der Waals surface area contributed by atoms with E-state index in [1.807, 2.05) is 6.07 Å². The number of rotatable bonds is 3. The van der Waals surface area contributed by atoms with Gasteiger partial charge >= 0.3 is 6.18 Å². The maximum Gasteiger partial charge on any atom is 0.416 e. The highest BCUT2D eigenvalue weighted by molar-refractivity contribution is 5.25. The molecule has 0 radical (unpaired) electrons. The molecule has 2 aromatic rings. The van der Waals surface area contributed by atoms with Crippen molar-refractivity contribution in [2.45, 2.75) is 19.0 Å². The number of hydrogen-bond acceptors (Lipinski definition) is 1. The summed E-state index contributed by atoms with van der Waals surface area (Å²) < 4.78 is 42.1. The predicted molar refractivity (Wildman–Crippen MR) is 57.6 cm³/mol. The Morgan fingerprint density at radius 3 is 2.18 bits per heavy atom. The molecule has 0 saturated heterocycles. The van der Waals surface area contributed by atoms with Gasteiger partial charge in [-0.2, -0.15) is 13.2 Å². The lowest BCUT2D eigenvalue weighted by Gasteiger charge is -2.07. The van der Waals surface area contributed by atoms with Crippen LogP contribution in [0.1, 0.15) is 16.9 Å². The molecule has 0 spiro atoms. The minimum absolute atomic E-state index is 0.612. The third kappa shape index (κ3) is 3.12. The predicted octanol–water partition coefficient (Wildman–Crippen LogP) is 4.08. The monoisotopic (exact) mass is 240 g/mol. The Labute approximate surface area is 96.9 Å². The first-order valence-electron chi connectivity index (χ1n) is 5.24. The molecule has 0 aliphatic heterocycles. The van der Waals surface area contributed by atoms with Crippen molar-refractivity contribution in [2.24, 2.45) is 0 Å². The molecule has 0 N–H and O–H groups in total. The van der Waals surface area contributed by atoms with Crippen LogP contribution in [0.5, 0.6) is 0 Å². The van der Waals surface area contributed by atoms with Crippen molar-refractivity contribution in [3.8, 4) is 0 Å². The lowest BCUT2D eigenvalue weighted by Crippen LogP contribution is -2.04. The molecular weight excluding hydrogens is 229 g/mol. The first-order chi connectivity index (χ1) is 8.05. The van der Waals surface area contributed by atoms with Gasteiger partial charge < -0.3 is 4.42 Å². The van der Waals surface area contributed by atoms with Crippen LogP contribution < -0.4 is 0 Å². The lowest BCUT2D eigenvalue weighted by atomic mass is 10.1. The van der Waals surface area contributed by atoms with Crippen LogP contribution in [0.15, 0.2) is 47.1 Å².